The summed E-state index contributed by atoms with van der Waals surface area (Å²) in [6.07, 6.45) is 0. The smallest absolute Gasteiger partial charge is 0.0678 e. The summed E-state index contributed by atoms with van der Waals surface area (Å²) < 4.78 is 0. The van der Waals surface area contributed by atoms with Crippen molar-refractivity contribution in [3.8, 4) is 0 Å². The summed E-state index contributed by atoms with van der Waals surface area (Å²) in [5.41, 5.74) is 8.48. The molecule has 0 bridgehead atoms. The summed E-state index contributed by atoms with van der Waals surface area (Å²) in [6.45, 7) is 14.3. The number of hydrogen-bond acceptors (Lipinski definition) is 2. The number of rotatable bonds is 4. The van der Waals surface area contributed by atoms with Crippen LogP contribution in [0.25, 0.3) is 0 Å². The zero-order chi connectivity index (χ0) is 14.9. The molecule has 1 aromatic heterocycles. The van der Waals surface area contributed by atoms with Crippen LogP contribution in [0.3, 0.4) is 0 Å². The molecule has 2 aromatic rings. The first kappa shape index (κ1) is 15.3. The molecule has 1 N–H and O–H groups in total. The van der Waals surface area contributed by atoms with Crippen LogP contribution in [0.15, 0.2) is 17.5 Å². The molecule has 1 aromatic carbocycles. The molecule has 1 atom stereocenters. The average Bonchev–Trinajstić information content (AvgIpc) is 2.82. The minimum absolute atomic E-state index is 0.318. The van der Waals surface area contributed by atoms with Gasteiger partial charge in [-0.2, -0.15) is 0 Å². The van der Waals surface area contributed by atoms with Gasteiger partial charge in [0.2, 0.25) is 0 Å². The van der Waals surface area contributed by atoms with Gasteiger partial charge < -0.3 is 5.32 Å². The summed E-state index contributed by atoms with van der Waals surface area (Å²) in [7, 11) is 0. The Balaban J connectivity index is 2.64. The van der Waals surface area contributed by atoms with Gasteiger partial charge in [-0.25, -0.2) is 0 Å². The molecule has 0 aliphatic heterocycles. The van der Waals surface area contributed by atoms with E-state index in [0.29, 0.717) is 6.04 Å². The molecule has 2 heteroatoms. The van der Waals surface area contributed by atoms with Crippen molar-refractivity contribution >= 4 is 11.3 Å². The molecule has 2 rings (SSSR count). The Hall–Kier alpha value is -1.12. The predicted octanol–water partition coefficient (Wildman–Crippen LogP) is 4.99. The average molecular weight is 287 g/mol. The van der Waals surface area contributed by atoms with E-state index in [9.17, 15) is 0 Å². The SMILES string of the molecule is CCNC(c1sccc1C)c1c(C)c(C)cc(C)c1C. The molecule has 20 heavy (non-hydrogen) atoms. The van der Waals surface area contributed by atoms with Crippen LogP contribution < -0.4 is 5.32 Å². The van der Waals surface area contributed by atoms with Crippen molar-refractivity contribution in [1.82, 2.24) is 5.32 Å². The maximum Gasteiger partial charge on any atom is 0.0678 e. The highest BCUT2D eigenvalue weighted by Gasteiger charge is 2.22. The van der Waals surface area contributed by atoms with Gasteiger partial charge in [0.1, 0.15) is 0 Å². The van der Waals surface area contributed by atoms with Crippen LogP contribution >= 0.6 is 11.3 Å². The van der Waals surface area contributed by atoms with Crippen molar-refractivity contribution in [2.75, 3.05) is 6.54 Å². The second-order valence-electron chi connectivity index (χ2n) is 5.63. The Bertz CT molecular complexity index is 584. The molecule has 0 amide bonds. The molecular weight excluding hydrogens is 262 g/mol. The molecule has 1 unspecified atom stereocenters. The van der Waals surface area contributed by atoms with Crippen LogP contribution in [0.2, 0.25) is 0 Å². The largest absolute Gasteiger partial charge is 0.306 e. The Morgan fingerprint density at radius 1 is 1.00 bits per heavy atom. The third kappa shape index (κ3) is 2.68. The minimum atomic E-state index is 0.318. The fourth-order valence-electron chi connectivity index (χ4n) is 2.89. The predicted molar refractivity (Wildman–Crippen MR) is 90.0 cm³/mol. The van der Waals surface area contributed by atoms with Crippen molar-refractivity contribution in [3.05, 3.63) is 55.8 Å². The Labute approximate surface area is 127 Å². The zero-order valence-electron chi connectivity index (χ0n) is 13.4. The fourth-order valence-corrected chi connectivity index (χ4v) is 3.90. The highest BCUT2D eigenvalue weighted by Crippen LogP contribution is 2.35. The minimum Gasteiger partial charge on any atom is -0.306 e. The second-order valence-corrected chi connectivity index (χ2v) is 6.58. The molecule has 0 aliphatic rings. The van der Waals surface area contributed by atoms with E-state index in [1.54, 1.807) is 0 Å². The second kappa shape index (κ2) is 6.11. The van der Waals surface area contributed by atoms with E-state index < -0.39 is 0 Å². The van der Waals surface area contributed by atoms with Crippen molar-refractivity contribution in [1.29, 1.82) is 0 Å². The lowest BCUT2D eigenvalue weighted by atomic mass is 9.88. The number of hydrogen-bond donors (Lipinski definition) is 1. The van der Waals surface area contributed by atoms with Gasteiger partial charge in [-0.15, -0.1) is 11.3 Å². The highest BCUT2D eigenvalue weighted by molar-refractivity contribution is 7.10. The van der Waals surface area contributed by atoms with E-state index in [-0.39, 0.29) is 0 Å². The third-order valence-corrected chi connectivity index (χ3v) is 5.37. The van der Waals surface area contributed by atoms with Crippen LogP contribution in [0.5, 0.6) is 0 Å². The first-order chi connectivity index (χ1) is 9.47. The van der Waals surface area contributed by atoms with E-state index in [2.05, 4.69) is 64.4 Å². The van der Waals surface area contributed by atoms with Crippen molar-refractivity contribution in [2.45, 2.75) is 47.6 Å². The van der Waals surface area contributed by atoms with Crippen LogP contribution in [0, 0.1) is 34.6 Å². The number of nitrogens with one attached hydrogen (secondary N) is 1. The van der Waals surface area contributed by atoms with Crippen LogP contribution in [-0.2, 0) is 0 Å². The molecule has 1 nitrogen and oxygen atoms in total. The molecule has 1 heterocycles. The molecule has 0 saturated heterocycles. The molecule has 0 saturated carbocycles. The lowest BCUT2D eigenvalue weighted by Crippen LogP contribution is -2.24. The monoisotopic (exact) mass is 287 g/mol. The van der Waals surface area contributed by atoms with Crippen molar-refractivity contribution < 1.29 is 0 Å². The van der Waals surface area contributed by atoms with Gasteiger partial charge in [-0.3, -0.25) is 0 Å². The van der Waals surface area contributed by atoms with Crippen LogP contribution in [0.4, 0.5) is 0 Å². The van der Waals surface area contributed by atoms with Gasteiger partial charge in [0.25, 0.3) is 0 Å². The quantitative estimate of drug-likeness (QED) is 0.835. The van der Waals surface area contributed by atoms with Crippen molar-refractivity contribution in [3.63, 3.8) is 0 Å². The Kier molecular flexibility index (Phi) is 4.66. The highest BCUT2D eigenvalue weighted by atomic mass is 32.1. The normalized spacial score (nSPS) is 12.7. The molecule has 0 spiro atoms. The molecule has 0 aliphatic carbocycles. The number of aryl methyl sites for hydroxylation is 3. The zero-order valence-corrected chi connectivity index (χ0v) is 14.2. The summed E-state index contributed by atoms with van der Waals surface area (Å²) in [5.74, 6) is 0. The third-order valence-electron chi connectivity index (χ3n) is 4.28. The summed E-state index contributed by atoms with van der Waals surface area (Å²) in [6, 6.07) is 4.84. The Morgan fingerprint density at radius 2 is 1.60 bits per heavy atom. The van der Waals surface area contributed by atoms with Gasteiger partial charge in [0.05, 0.1) is 6.04 Å². The summed E-state index contributed by atoms with van der Waals surface area (Å²) >= 11 is 1.86. The van der Waals surface area contributed by atoms with Gasteiger partial charge in [0.15, 0.2) is 0 Å². The molecule has 108 valence electrons. The van der Waals surface area contributed by atoms with Crippen LogP contribution in [0.1, 0.15) is 51.2 Å². The molecule has 0 radical (unpaired) electrons. The van der Waals surface area contributed by atoms with E-state index >= 15 is 0 Å². The van der Waals surface area contributed by atoms with Gasteiger partial charge >= 0.3 is 0 Å². The molecule has 0 fully saturated rings. The summed E-state index contributed by atoms with van der Waals surface area (Å²) in [4.78, 5) is 1.45. The lowest BCUT2D eigenvalue weighted by Gasteiger charge is -2.25. The standard InChI is InChI=1S/C18H25NS/c1-7-19-17(18-11(2)8-9-20-18)16-14(5)12(3)10-13(4)15(16)6/h8-10,17,19H,7H2,1-6H3. The van der Waals surface area contributed by atoms with E-state index in [4.69, 9.17) is 0 Å². The first-order valence-corrected chi connectivity index (χ1v) is 8.20. The van der Waals surface area contributed by atoms with Gasteiger partial charge in [-0.05, 0) is 86.0 Å². The van der Waals surface area contributed by atoms with E-state index in [1.807, 2.05) is 11.3 Å². The molecular formula is C18H25NS. The topological polar surface area (TPSA) is 12.0 Å². The number of thiophene rings is 1. The Morgan fingerprint density at radius 3 is 2.05 bits per heavy atom. The van der Waals surface area contributed by atoms with Gasteiger partial charge in [0, 0.05) is 4.88 Å². The van der Waals surface area contributed by atoms with E-state index in [0.717, 1.165) is 6.54 Å². The van der Waals surface area contributed by atoms with E-state index in [1.165, 1.54) is 38.3 Å². The van der Waals surface area contributed by atoms with Crippen molar-refractivity contribution in [2.24, 2.45) is 0 Å². The maximum absolute atomic E-state index is 3.69. The van der Waals surface area contributed by atoms with Gasteiger partial charge in [-0.1, -0.05) is 13.0 Å². The maximum atomic E-state index is 3.69. The first-order valence-electron chi connectivity index (χ1n) is 7.32. The lowest BCUT2D eigenvalue weighted by molar-refractivity contribution is 0.630. The summed E-state index contributed by atoms with van der Waals surface area (Å²) in [5, 5.41) is 5.89. The fraction of sp³-hybridized carbons (Fsp3) is 0.444. The van der Waals surface area contributed by atoms with Crippen LogP contribution in [-0.4, -0.2) is 6.54 Å². The number of benzene rings is 1.